The predicted molar refractivity (Wildman–Crippen MR) is 99.7 cm³/mol. The van der Waals surface area contributed by atoms with E-state index < -0.39 is 16.1 Å². The fourth-order valence-corrected chi connectivity index (χ4v) is 4.43. The number of anilines is 1. The molecule has 8 nitrogen and oxygen atoms in total. The van der Waals surface area contributed by atoms with E-state index in [1.54, 1.807) is 31.0 Å². The van der Waals surface area contributed by atoms with Crippen molar-refractivity contribution in [2.24, 2.45) is 5.92 Å². The molecule has 0 spiro atoms. The quantitative estimate of drug-likeness (QED) is 0.809. The molecule has 1 unspecified atom stereocenters. The molecule has 9 heteroatoms. The number of aryl methyl sites for hydroxylation is 2. The number of hydrogen-bond donors (Lipinski definition) is 1. The summed E-state index contributed by atoms with van der Waals surface area (Å²) in [7, 11) is -2.09. The molecule has 0 radical (unpaired) electrons. The smallest absolute Gasteiger partial charge is 0.241 e. The van der Waals surface area contributed by atoms with Gasteiger partial charge in [-0.2, -0.15) is 4.72 Å². The monoisotopic (exact) mass is 392 g/mol. The van der Waals surface area contributed by atoms with E-state index in [9.17, 15) is 13.2 Å². The Morgan fingerprint density at radius 1 is 1.26 bits per heavy atom. The standard InChI is InChI=1S/C18H24N4O4S/c1-11(2)9-15(18-20-19-12(3)26-18)21-27(24,25)14-6-7-16-13(10-14)5-8-17(23)22(16)4/h6-7,10-11,15,21H,5,8-9H2,1-4H3. The van der Waals surface area contributed by atoms with Crippen LogP contribution in [0.1, 0.15) is 50.1 Å². The van der Waals surface area contributed by atoms with E-state index in [-0.39, 0.29) is 22.6 Å². The normalized spacial score (nSPS) is 15.9. The topological polar surface area (TPSA) is 105 Å². The zero-order chi connectivity index (χ0) is 19.8. The van der Waals surface area contributed by atoms with Crippen molar-refractivity contribution in [3.8, 4) is 0 Å². The van der Waals surface area contributed by atoms with Crippen molar-refractivity contribution in [3.05, 3.63) is 35.5 Å². The Hall–Kier alpha value is -2.26. The summed E-state index contributed by atoms with van der Waals surface area (Å²) in [6.45, 7) is 5.66. The molecule has 1 atom stereocenters. The van der Waals surface area contributed by atoms with E-state index in [0.717, 1.165) is 11.3 Å². The van der Waals surface area contributed by atoms with E-state index in [0.29, 0.717) is 25.2 Å². The molecule has 0 fully saturated rings. The summed E-state index contributed by atoms with van der Waals surface area (Å²) in [4.78, 5) is 13.5. The number of rotatable bonds is 6. The zero-order valence-electron chi connectivity index (χ0n) is 15.9. The molecule has 27 heavy (non-hydrogen) atoms. The van der Waals surface area contributed by atoms with Crippen molar-refractivity contribution in [1.29, 1.82) is 0 Å². The molecule has 1 N–H and O–H groups in total. The Morgan fingerprint density at radius 2 is 2.00 bits per heavy atom. The number of carbonyl (C=O) groups excluding carboxylic acids is 1. The van der Waals surface area contributed by atoms with Crippen LogP contribution in [0, 0.1) is 12.8 Å². The number of fused-ring (bicyclic) bond motifs is 1. The number of hydrogen-bond acceptors (Lipinski definition) is 6. The van der Waals surface area contributed by atoms with Crippen LogP contribution in [0.5, 0.6) is 0 Å². The molecule has 1 aliphatic rings. The van der Waals surface area contributed by atoms with Gasteiger partial charge in [0.1, 0.15) is 6.04 Å². The number of carbonyl (C=O) groups is 1. The molecule has 0 bridgehead atoms. The maximum Gasteiger partial charge on any atom is 0.241 e. The second-order valence-corrected chi connectivity index (χ2v) is 8.92. The third kappa shape index (κ3) is 4.19. The second kappa shape index (κ2) is 7.40. The van der Waals surface area contributed by atoms with Crippen LogP contribution >= 0.6 is 0 Å². The van der Waals surface area contributed by atoms with Crippen molar-refractivity contribution in [3.63, 3.8) is 0 Å². The van der Waals surface area contributed by atoms with E-state index in [2.05, 4.69) is 14.9 Å². The number of amides is 1. The van der Waals surface area contributed by atoms with Gasteiger partial charge in [0.2, 0.25) is 27.7 Å². The first kappa shape index (κ1) is 19.5. The molecular formula is C18H24N4O4S. The molecule has 0 saturated carbocycles. The first-order valence-corrected chi connectivity index (χ1v) is 10.4. The van der Waals surface area contributed by atoms with E-state index in [4.69, 9.17) is 4.42 Å². The fraction of sp³-hybridized carbons (Fsp3) is 0.500. The number of nitrogens with zero attached hydrogens (tertiary/aromatic N) is 3. The van der Waals surface area contributed by atoms with Gasteiger partial charge in [0, 0.05) is 26.1 Å². The Morgan fingerprint density at radius 3 is 2.63 bits per heavy atom. The predicted octanol–water partition coefficient (Wildman–Crippen LogP) is 2.35. The van der Waals surface area contributed by atoms with Crippen LogP contribution < -0.4 is 9.62 Å². The second-order valence-electron chi connectivity index (χ2n) is 7.21. The third-order valence-corrected chi connectivity index (χ3v) is 6.02. The minimum absolute atomic E-state index is 0.0278. The van der Waals surface area contributed by atoms with Crippen LogP contribution in [0.3, 0.4) is 0 Å². The summed E-state index contributed by atoms with van der Waals surface area (Å²) in [6.07, 6.45) is 1.43. The summed E-state index contributed by atoms with van der Waals surface area (Å²) >= 11 is 0. The molecule has 146 valence electrons. The van der Waals surface area contributed by atoms with Gasteiger partial charge in [-0.15, -0.1) is 10.2 Å². The van der Waals surface area contributed by atoms with Gasteiger partial charge >= 0.3 is 0 Å². The highest BCUT2D eigenvalue weighted by Crippen LogP contribution is 2.30. The van der Waals surface area contributed by atoms with Crippen LogP contribution in [-0.2, 0) is 21.2 Å². The molecule has 1 amide bonds. The van der Waals surface area contributed by atoms with E-state index in [1.165, 1.54) is 6.07 Å². The average molecular weight is 392 g/mol. The lowest BCUT2D eigenvalue weighted by atomic mass is 10.0. The highest BCUT2D eigenvalue weighted by atomic mass is 32.2. The van der Waals surface area contributed by atoms with Crippen LogP contribution in [0.4, 0.5) is 5.69 Å². The largest absolute Gasteiger partial charge is 0.424 e. The van der Waals surface area contributed by atoms with Crippen LogP contribution in [0.15, 0.2) is 27.5 Å². The highest BCUT2D eigenvalue weighted by molar-refractivity contribution is 7.89. The lowest BCUT2D eigenvalue weighted by Gasteiger charge is -2.26. The van der Waals surface area contributed by atoms with Gasteiger partial charge in [0.15, 0.2) is 0 Å². The minimum atomic E-state index is -3.79. The first-order valence-electron chi connectivity index (χ1n) is 8.89. The number of aromatic nitrogens is 2. The van der Waals surface area contributed by atoms with Gasteiger partial charge in [0.05, 0.1) is 4.90 Å². The molecule has 1 aromatic heterocycles. The van der Waals surface area contributed by atoms with Gasteiger partial charge in [-0.05, 0) is 42.5 Å². The molecular weight excluding hydrogens is 368 g/mol. The lowest BCUT2D eigenvalue weighted by molar-refractivity contribution is -0.118. The maximum atomic E-state index is 13.0. The van der Waals surface area contributed by atoms with Crippen molar-refractivity contribution < 1.29 is 17.6 Å². The Bertz CT molecular complexity index is 952. The molecule has 1 aromatic carbocycles. The van der Waals surface area contributed by atoms with Crippen molar-refractivity contribution in [1.82, 2.24) is 14.9 Å². The summed E-state index contributed by atoms with van der Waals surface area (Å²) in [5.41, 5.74) is 1.59. The summed E-state index contributed by atoms with van der Waals surface area (Å²) in [5, 5.41) is 7.78. The minimum Gasteiger partial charge on any atom is -0.424 e. The Kier molecular flexibility index (Phi) is 5.34. The van der Waals surface area contributed by atoms with E-state index >= 15 is 0 Å². The van der Waals surface area contributed by atoms with Gasteiger partial charge in [-0.1, -0.05) is 13.8 Å². The Labute approximate surface area is 159 Å². The van der Waals surface area contributed by atoms with Crippen molar-refractivity contribution >= 4 is 21.6 Å². The molecule has 0 saturated heterocycles. The molecule has 3 rings (SSSR count). The molecule has 0 aliphatic carbocycles. The Balaban J connectivity index is 1.90. The third-order valence-electron chi connectivity index (χ3n) is 4.55. The van der Waals surface area contributed by atoms with Crippen molar-refractivity contribution in [2.75, 3.05) is 11.9 Å². The first-order chi connectivity index (χ1) is 12.7. The maximum absolute atomic E-state index is 13.0. The van der Waals surface area contributed by atoms with Gasteiger partial charge < -0.3 is 9.32 Å². The lowest BCUT2D eigenvalue weighted by Crippen LogP contribution is -2.32. The fourth-order valence-electron chi connectivity index (χ4n) is 3.18. The summed E-state index contributed by atoms with van der Waals surface area (Å²) in [6, 6.07) is 4.22. The number of benzene rings is 1. The highest BCUT2D eigenvalue weighted by Gasteiger charge is 2.28. The average Bonchev–Trinajstić information content (AvgIpc) is 3.03. The van der Waals surface area contributed by atoms with Gasteiger partial charge in [0.25, 0.3) is 0 Å². The number of sulfonamides is 1. The SMILES string of the molecule is Cc1nnc(C(CC(C)C)NS(=O)(=O)c2ccc3c(c2)CCC(=O)N3C)o1. The molecule has 2 heterocycles. The van der Waals surface area contributed by atoms with Crippen LogP contribution in [0.25, 0.3) is 0 Å². The van der Waals surface area contributed by atoms with Crippen LogP contribution in [-0.4, -0.2) is 31.6 Å². The van der Waals surface area contributed by atoms with Crippen molar-refractivity contribution in [2.45, 2.75) is 51.0 Å². The number of nitrogens with one attached hydrogen (secondary N) is 1. The zero-order valence-corrected chi connectivity index (χ0v) is 16.7. The van der Waals surface area contributed by atoms with E-state index in [1.807, 2.05) is 13.8 Å². The molecule has 1 aliphatic heterocycles. The van der Waals surface area contributed by atoms with Gasteiger partial charge in [-0.3, -0.25) is 4.79 Å². The summed E-state index contributed by atoms with van der Waals surface area (Å²) in [5.74, 6) is 0.903. The van der Waals surface area contributed by atoms with Gasteiger partial charge in [-0.25, -0.2) is 8.42 Å². The van der Waals surface area contributed by atoms with Crippen LogP contribution in [0.2, 0.25) is 0 Å². The molecule has 2 aromatic rings. The summed E-state index contributed by atoms with van der Waals surface area (Å²) < 4.78 is 34.1.